The third kappa shape index (κ3) is 4.50. The van der Waals surface area contributed by atoms with E-state index < -0.39 is 0 Å². The van der Waals surface area contributed by atoms with Crippen LogP contribution >= 0.6 is 11.6 Å². The maximum atomic E-state index is 6.28. The predicted octanol–water partition coefficient (Wildman–Crippen LogP) is 5.10. The molecule has 0 bridgehead atoms. The van der Waals surface area contributed by atoms with Gasteiger partial charge in [0.1, 0.15) is 0 Å². The summed E-state index contributed by atoms with van der Waals surface area (Å²) in [6, 6.07) is 6.92. The van der Waals surface area contributed by atoms with Crippen LogP contribution in [0.2, 0.25) is 5.02 Å². The minimum Gasteiger partial charge on any atom is -0.310 e. The summed E-state index contributed by atoms with van der Waals surface area (Å²) in [7, 11) is 0. The van der Waals surface area contributed by atoms with Crippen molar-refractivity contribution < 1.29 is 0 Å². The summed E-state index contributed by atoms with van der Waals surface area (Å²) < 4.78 is 0. The van der Waals surface area contributed by atoms with E-state index in [2.05, 4.69) is 37.4 Å². The van der Waals surface area contributed by atoms with Gasteiger partial charge in [0.05, 0.1) is 0 Å². The van der Waals surface area contributed by atoms with E-state index in [0.717, 1.165) is 17.5 Å². The van der Waals surface area contributed by atoms with E-state index in [0.29, 0.717) is 6.04 Å². The van der Waals surface area contributed by atoms with Crippen LogP contribution in [0.15, 0.2) is 18.2 Å². The van der Waals surface area contributed by atoms with Gasteiger partial charge in [-0.3, -0.25) is 0 Å². The van der Waals surface area contributed by atoms with E-state index in [9.17, 15) is 0 Å². The molecule has 2 heteroatoms. The molecule has 19 heavy (non-hydrogen) atoms. The number of hydrogen-bond acceptors (Lipinski definition) is 1. The molecule has 1 aliphatic rings. The molecule has 1 fully saturated rings. The third-order valence-corrected chi connectivity index (χ3v) is 4.78. The van der Waals surface area contributed by atoms with Crippen LogP contribution in [0, 0.1) is 12.8 Å². The van der Waals surface area contributed by atoms with E-state index in [-0.39, 0.29) is 0 Å². The van der Waals surface area contributed by atoms with Crippen molar-refractivity contribution in [1.82, 2.24) is 5.32 Å². The van der Waals surface area contributed by atoms with Crippen molar-refractivity contribution in [1.29, 1.82) is 0 Å². The van der Waals surface area contributed by atoms with Crippen LogP contribution in [0.1, 0.15) is 56.6 Å². The van der Waals surface area contributed by atoms with Gasteiger partial charge in [0, 0.05) is 17.6 Å². The highest BCUT2D eigenvalue weighted by molar-refractivity contribution is 6.31. The second-order valence-corrected chi connectivity index (χ2v) is 6.42. The van der Waals surface area contributed by atoms with Crippen molar-refractivity contribution in [2.24, 2.45) is 5.92 Å². The summed E-state index contributed by atoms with van der Waals surface area (Å²) in [6.45, 7) is 5.30. The zero-order chi connectivity index (χ0) is 13.7. The molecular weight excluding hydrogens is 254 g/mol. The van der Waals surface area contributed by atoms with E-state index in [1.54, 1.807) is 0 Å². The summed E-state index contributed by atoms with van der Waals surface area (Å²) >= 11 is 6.28. The monoisotopic (exact) mass is 279 g/mol. The highest BCUT2D eigenvalue weighted by Crippen LogP contribution is 2.26. The molecule has 0 spiro atoms. The summed E-state index contributed by atoms with van der Waals surface area (Å²) in [5.41, 5.74) is 2.44. The Hall–Kier alpha value is -0.530. The topological polar surface area (TPSA) is 12.0 Å². The van der Waals surface area contributed by atoms with Gasteiger partial charge in [-0.2, -0.15) is 0 Å². The summed E-state index contributed by atoms with van der Waals surface area (Å²) in [5, 5.41) is 4.56. The molecule has 0 aromatic heterocycles. The highest BCUT2D eigenvalue weighted by atomic mass is 35.5. The maximum Gasteiger partial charge on any atom is 0.0453 e. The lowest BCUT2D eigenvalue weighted by molar-refractivity contribution is 0.336. The van der Waals surface area contributed by atoms with Crippen LogP contribution in [0.3, 0.4) is 0 Å². The summed E-state index contributed by atoms with van der Waals surface area (Å²) in [4.78, 5) is 0. The van der Waals surface area contributed by atoms with Crippen molar-refractivity contribution in [3.63, 3.8) is 0 Å². The number of nitrogens with one attached hydrogen (secondary N) is 1. The molecule has 1 atom stereocenters. The molecule has 0 aliphatic heterocycles. The first-order chi connectivity index (χ1) is 9.16. The lowest BCUT2D eigenvalue weighted by atomic mass is 9.93. The van der Waals surface area contributed by atoms with Crippen LogP contribution < -0.4 is 5.32 Å². The lowest BCUT2D eigenvalue weighted by Gasteiger charge is -2.24. The van der Waals surface area contributed by atoms with Crippen LogP contribution in [0.25, 0.3) is 0 Å². The molecule has 1 aromatic carbocycles. The maximum absolute atomic E-state index is 6.28. The van der Waals surface area contributed by atoms with Gasteiger partial charge in [0.25, 0.3) is 0 Å². The van der Waals surface area contributed by atoms with Crippen LogP contribution in [-0.2, 0) is 6.54 Å². The van der Waals surface area contributed by atoms with Crippen molar-refractivity contribution in [2.75, 3.05) is 0 Å². The molecule has 0 unspecified atom stereocenters. The average molecular weight is 280 g/mol. The fraction of sp³-hybridized carbons (Fsp3) is 0.647. The molecule has 1 nitrogen and oxygen atoms in total. The van der Waals surface area contributed by atoms with Crippen LogP contribution in [-0.4, -0.2) is 6.04 Å². The second-order valence-electron chi connectivity index (χ2n) is 6.02. The van der Waals surface area contributed by atoms with Gasteiger partial charge < -0.3 is 5.32 Å². The van der Waals surface area contributed by atoms with Crippen molar-refractivity contribution in [3.05, 3.63) is 34.3 Å². The van der Waals surface area contributed by atoms with E-state index in [1.807, 2.05) is 0 Å². The molecular formula is C17H26ClN. The highest BCUT2D eigenvalue weighted by Gasteiger charge is 2.18. The zero-order valence-electron chi connectivity index (χ0n) is 12.2. The molecule has 0 radical (unpaired) electrons. The molecule has 0 saturated heterocycles. The van der Waals surface area contributed by atoms with Gasteiger partial charge in [-0.25, -0.2) is 0 Å². The standard InChI is InChI=1S/C17H26ClN/c1-13-9-10-16(17(18)11-13)12-19-14(2)15-7-5-3-4-6-8-15/h9-11,14-15,19H,3-8,12H2,1-2H3/t14-/m0/s1. The molecule has 0 amide bonds. The van der Waals surface area contributed by atoms with Crippen molar-refractivity contribution in [2.45, 2.75) is 65.0 Å². The fourth-order valence-electron chi connectivity index (χ4n) is 3.04. The zero-order valence-corrected chi connectivity index (χ0v) is 13.0. The first kappa shape index (κ1) is 14.9. The molecule has 1 N–H and O–H groups in total. The Morgan fingerprint density at radius 2 is 1.89 bits per heavy atom. The minimum absolute atomic E-state index is 0.593. The summed E-state index contributed by atoms with van der Waals surface area (Å²) in [5.74, 6) is 0.840. The number of rotatable bonds is 4. The minimum atomic E-state index is 0.593. The Kier molecular flexibility index (Phi) is 5.72. The molecule has 1 aliphatic carbocycles. The van der Waals surface area contributed by atoms with Gasteiger partial charge in [0.2, 0.25) is 0 Å². The van der Waals surface area contributed by atoms with E-state index in [1.165, 1.54) is 49.7 Å². The van der Waals surface area contributed by atoms with Crippen molar-refractivity contribution >= 4 is 11.6 Å². The van der Waals surface area contributed by atoms with Crippen LogP contribution in [0.4, 0.5) is 0 Å². The molecule has 1 aromatic rings. The Bertz CT molecular complexity index is 394. The SMILES string of the molecule is Cc1ccc(CN[C@@H](C)C2CCCCCC2)c(Cl)c1. The first-order valence-corrected chi connectivity index (χ1v) is 8.03. The Morgan fingerprint density at radius 3 is 2.53 bits per heavy atom. The van der Waals surface area contributed by atoms with Crippen LogP contribution in [0.5, 0.6) is 0 Å². The molecule has 106 valence electrons. The lowest BCUT2D eigenvalue weighted by Crippen LogP contribution is -2.33. The number of aryl methyl sites for hydroxylation is 1. The predicted molar refractivity (Wildman–Crippen MR) is 83.7 cm³/mol. The third-order valence-electron chi connectivity index (χ3n) is 4.43. The Balaban J connectivity index is 1.86. The van der Waals surface area contributed by atoms with Crippen molar-refractivity contribution in [3.8, 4) is 0 Å². The quantitative estimate of drug-likeness (QED) is 0.757. The Labute approximate surface area is 122 Å². The van der Waals surface area contributed by atoms with Gasteiger partial charge in [0.15, 0.2) is 0 Å². The summed E-state index contributed by atoms with van der Waals surface area (Å²) in [6.07, 6.45) is 8.43. The largest absolute Gasteiger partial charge is 0.310 e. The number of benzene rings is 1. The second kappa shape index (κ2) is 7.31. The number of halogens is 1. The molecule has 0 heterocycles. The first-order valence-electron chi connectivity index (χ1n) is 7.65. The van der Waals surface area contributed by atoms with Gasteiger partial charge in [-0.15, -0.1) is 0 Å². The fourth-order valence-corrected chi connectivity index (χ4v) is 3.35. The van der Waals surface area contributed by atoms with E-state index in [4.69, 9.17) is 11.6 Å². The average Bonchev–Trinajstić information content (AvgIpc) is 2.66. The molecule has 2 rings (SSSR count). The van der Waals surface area contributed by atoms with Gasteiger partial charge in [-0.05, 0) is 49.8 Å². The van der Waals surface area contributed by atoms with Gasteiger partial charge >= 0.3 is 0 Å². The molecule has 1 saturated carbocycles. The van der Waals surface area contributed by atoms with E-state index >= 15 is 0 Å². The van der Waals surface area contributed by atoms with Gasteiger partial charge in [-0.1, -0.05) is 49.4 Å². The Morgan fingerprint density at radius 1 is 1.21 bits per heavy atom. The number of hydrogen-bond donors (Lipinski definition) is 1. The smallest absolute Gasteiger partial charge is 0.0453 e. The normalized spacial score (nSPS) is 19.1.